The Labute approximate surface area is 201 Å². The Morgan fingerprint density at radius 3 is 2.55 bits per heavy atom. The molecule has 2 heterocycles. The van der Waals surface area contributed by atoms with E-state index in [0.29, 0.717) is 36.1 Å². The van der Waals surface area contributed by atoms with Gasteiger partial charge in [0.15, 0.2) is 0 Å². The van der Waals surface area contributed by atoms with Crippen molar-refractivity contribution >= 4 is 27.5 Å². The number of sulfonamides is 1. The second-order valence-corrected chi connectivity index (χ2v) is 11.5. The predicted octanol–water partition coefficient (Wildman–Crippen LogP) is 3.78. The van der Waals surface area contributed by atoms with Crippen molar-refractivity contribution in [3.63, 3.8) is 0 Å². The van der Waals surface area contributed by atoms with E-state index in [2.05, 4.69) is 10.6 Å². The van der Waals surface area contributed by atoms with Crippen LogP contribution in [0.1, 0.15) is 53.1 Å². The number of piperidine rings is 2. The van der Waals surface area contributed by atoms with Gasteiger partial charge >= 0.3 is 0 Å². The van der Waals surface area contributed by atoms with Crippen LogP contribution >= 0.6 is 11.6 Å². The van der Waals surface area contributed by atoms with Gasteiger partial charge in [-0.25, -0.2) is 12.7 Å². The highest BCUT2D eigenvalue weighted by atomic mass is 35.5. The largest absolute Gasteiger partial charge is 0.352 e. The van der Waals surface area contributed by atoms with Gasteiger partial charge in [0.05, 0.1) is 5.75 Å². The Morgan fingerprint density at radius 2 is 1.85 bits per heavy atom. The third-order valence-electron chi connectivity index (χ3n) is 6.71. The smallest absolute Gasteiger partial charge is 0.251 e. The number of hydrogen-bond acceptors (Lipinski definition) is 4. The highest BCUT2D eigenvalue weighted by Crippen LogP contribution is 2.29. The number of carbonyl (C=O) groups is 1. The first-order valence-electron chi connectivity index (χ1n) is 11.7. The molecular weight excluding hydrogens is 458 g/mol. The van der Waals surface area contributed by atoms with Crippen LogP contribution in [0, 0.1) is 5.92 Å². The molecule has 178 valence electrons. The fourth-order valence-corrected chi connectivity index (χ4v) is 6.53. The van der Waals surface area contributed by atoms with Gasteiger partial charge in [-0.05, 0) is 67.3 Å². The Hall–Kier alpha value is -1.93. The van der Waals surface area contributed by atoms with Crippen molar-refractivity contribution in [3.8, 4) is 0 Å². The van der Waals surface area contributed by atoms with Gasteiger partial charge < -0.3 is 10.6 Å². The average Bonchev–Trinajstić information content (AvgIpc) is 2.83. The van der Waals surface area contributed by atoms with E-state index in [9.17, 15) is 13.2 Å². The van der Waals surface area contributed by atoms with Crippen molar-refractivity contribution in [2.75, 3.05) is 32.7 Å². The second kappa shape index (κ2) is 11.0. The van der Waals surface area contributed by atoms with Crippen molar-refractivity contribution in [1.82, 2.24) is 14.9 Å². The number of hydrogen-bond donors (Lipinski definition) is 2. The van der Waals surface area contributed by atoms with Crippen molar-refractivity contribution < 1.29 is 13.2 Å². The number of amides is 1. The van der Waals surface area contributed by atoms with Gasteiger partial charge in [0.1, 0.15) is 0 Å². The number of benzene rings is 2. The molecule has 2 aliphatic rings. The van der Waals surface area contributed by atoms with Gasteiger partial charge in [0.2, 0.25) is 10.0 Å². The van der Waals surface area contributed by atoms with Crippen molar-refractivity contribution in [1.29, 1.82) is 0 Å². The number of rotatable bonds is 7. The molecule has 1 amide bonds. The Kier molecular flexibility index (Phi) is 8.07. The summed E-state index contributed by atoms with van der Waals surface area (Å²) in [5.74, 6) is 0.506. The van der Waals surface area contributed by atoms with Crippen LogP contribution in [0.15, 0.2) is 48.5 Å². The third kappa shape index (κ3) is 6.35. The zero-order valence-corrected chi connectivity index (χ0v) is 20.4. The highest BCUT2D eigenvalue weighted by Gasteiger charge is 2.29. The maximum atomic E-state index is 13.0. The molecule has 2 N–H and O–H groups in total. The molecule has 0 aromatic heterocycles. The molecule has 1 unspecified atom stereocenters. The van der Waals surface area contributed by atoms with Crippen LogP contribution in [0.5, 0.6) is 0 Å². The molecule has 2 fully saturated rings. The van der Waals surface area contributed by atoms with Gasteiger partial charge in [-0.15, -0.1) is 0 Å². The number of carbonyl (C=O) groups excluding carboxylic acids is 1. The molecule has 0 aliphatic carbocycles. The molecule has 2 saturated heterocycles. The van der Waals surface area contributed by atoms with Crippen molar-refractivity contribution in [2.45, 2.75) is 37.4 Å². The lowest BCUT2D eigenvalue weighted by Crippen LogP contribution is -2.42. The van der Waals surface area contributed by atoms with Crippen LogP contribution in [0.3, 0.4) is 0 Å². The summed E-state index contributed by atoms with van der Waals surface area (Å²) in [6.45, 7) is 3.42. The average molecular weight is 490 g/mol. The molecular formula is C25H32ClN3O3S. The van der Waals surface area contributed by atoms with Gasteiger partial charge in [-0.1, -0.05) is 48.0 Å². The van der Waals surface area contributed by atoms with Gasteiger partial charge in [-0.3, -0.25) is 4.79 Å². The first-order chi connectivity index (χ1) is 15.9. The first-order valence-corrected chi connectivity index (χ1v) is 13.7. The van der Waals surface area contributed by atoms with Crippen LogP contribution in [0.4, 0.5) is 0 Å². The Balaban J connectivity index is 1.31. The van der Waals surface area contributed by atoms with Crippen LogP contribution in [-0.2, 0) is 15.8 Å². The lowest BCUT2D eigenvalue weighted by atomic mass is 9.88. The number of halogens is 1. The Bertz CT molecular complexity index is 1050. The van der Waals surface area contributed by atoms with Crippen LogP contribution in [0.25, 0.3) is 0 Å². The fourth-order valence-electron chi connectivity index (χ4n) is 4.80. The van der Waals surface area contributed by atoms with Crippen molar-refractivity contribution in [2.24, 2.45) is 5.92 Å². The summed E-state index contributed by atoms with van der Waals surface area (Å²) in [7, 11) is -3.33. The molecule has 0 bridgehead atoms. The normalized spacial score (nSPS) is 20.5. The monoisotopic (exact) mass is 489 g/mol. The SMILES string of the molecule is O=C(NCC1CCN(S(=O)(=O)Cc2ccccc2)CC1)c1cc(Cl)ccc1C1CCCNC1. The lowest BCUT2D eigenvalue weighted by molar-refractivity contribution is 0.0940. The van der Waals surface area contributed by atoms with Crippen LogP contribution < -0.4 is 10.6 Å². The summed E-state index contributed by atoms with van der Waals surface area (Å²) in [4.78, 5) is 13.0. The molecule has 2 aromatic carbocycles. The quantitative estimate of drug-likeness (QED) is 0.620. The van der Waals surface area contributed by atoms with Gasteiger partial charge in [0, 0.05) is 36.8 Å². The van der Waals surface area contributed by atoms with Crippen LogP contribution in [0.2, 0.25) is 5.02 Å². The van der Waals surface area contributed by atoms with Crippen LogP contribution in [-0.4, -0.2) is 51.4 Å². The molecule has 0 radical (unpaired) electrons. The molecule has 33 heavy (non-hydrogen) atoms. The minimum atomic E-state index is -3.33. The summed E-state index contributed by atoms with van der Waals surface area (Å²) in [6, 6.07) is 14.9. The zero-order valence-electron chi connectivity index (χ0n) is 18.8. The van der Waals surface area contributed by atoms with Gasteiger partial charge in [-0.2, -0.15) is 0 Å². The van der Waals surface area contributed by atoms with E-state index in [1.807, 2.05) is 42.5 Å². The number of nitrogens with zero attached hydrogens (tertiary/aromatic N) is 1. The fraction of sp³-hybridized carbons (Fsp3) is 0.480. The molecule has 4 rings (SSSR count). The van der Waals surface area contributed by atoms with E-state index in [0.717, 1.165) is 49.9 Å². The van der Waals surface area contributed by atoms with Crippen molar-refractivity contribution in [3.05, 3.63) is 70.2 Å². The summed E-state index contributed by atoms with van der Waals surface area (Å²) >= 11 is 6.21. The molecule has 6 nitrogen and oxygen atoms in total. The van der Waals surface area contributed by atoms with E-state index in [-0.39, 0.29) is 17.6 Å². The molecule has 8 heteroatoms. The van der Waals surface area contributed by atoms with E-state index >= 15 is 0 Å². The highest BCUT2D eigenvalue weighted by molar-refractivity contribution is 7.88. The minimum absolute atomic E-state index is 0.0306. The molecule has 2 aromatic rings. The summed E-state index contributed by atoms with van der Waals surface area (Å²) in [5, 5.41) is 7.05. The minimum Gasteiger partial charge on any atom is -0.352 e. The summed E-state index contributed by atoms with van der Waals surface area (Å²) in [5.41, 5.74) is 2.50. The van der Waals surface area contributed by atoms with E-state index in [1.165, 1.54) is 0 Å². The number of nitrogens with one attached hydrogen (secondary N) is 2. The lowest BCUT2D eigenvalue weighted by Gasteiger charge is -2.31. The maximum Gasteiger partial charge on any atom is 0.251 e. The zero-order chi connectivity index (χ0) is 23.3. The van der Waals surface area contributed by atoms with Gasteiger partial charge in [0.25, 0.3) is 5.91 Å². The molecule has 0 spiro atoms. The third-order valence-corrected chi connectivity index (χ3v) is 8.79. The summed E-state index contributed by atoms with van der Waals surface area (Å²) in [6.07, 6.45) is 3.64. The maximum absolute atomic E-state index is 13.0. The Morgan fingerprint density at radius 1 is 1.09 bits per heavy atom. The first kappa shape index (κ1) is 24.2. The van der Waals surface area contributed by atoms with E-state index in [4.69, 9.17) is 11.6 Å². The van der Waals surface area contributed by atoms with E-state index < -0.39 is 10.0 Å². The standard InChI is InChI=1S/C25H32ClN3O3S/c26-22-8-9-23(21-7-4-12-27-17-21)24(15-22)25(30)28-16-19-10-13-29(14-11-19)33(31,32)18-20-5-2-1-3-6-20/h1-3,5-6,8-9,15,19,21,27H,4,7,10-14,16-18H2,(H,28,30). The molecule has 1 atom stereocenters. The predicted molar refractivity (Wildman–Crippen MR) is 132 cm³/mol. The second-order valence-electron chi connectivity index (χ2n) is 9.07. The molecule has 0 saturated carbocycles. The topological polar surface area (TPSA) is 78.5 Å². The molecule has 2 aliphatic heterocycles. The van der Waals surface area contributed by atoms with E-state index in [1.54, 1.807) is 10.4 Å². The summed E-state index contributed by atoms with van der Waals surface area (Å²) < 4.78 is 27.1.